The first-order chi connectivity index (χ1) is 11.8. The zero-order chi connectivity index (χ0) is 18.1. The number of carboxylic acids is 1. The molecular weight excluding hydrogens is 365 g/mol. The molecule has 8 heteroatoms. The van der Waals surface area contributed by atoms with Crippen molar-refractivity contribution in [3.8, 4) is 0 Å². The van der Waals surface area contributed by atoms with Crippen molar-refractivity contribution in [2.75, 3.05) is 5.32 Å². The van der Waals surface area contributed by atoms with Crippen LogP contribution in [0.25, 0.3) is 5.65 Å². The molecule has 0 atom stereocenters. The predicted octanol–water partition coefficient (Wildman–Crippen LogP) is 3.83. The lowest BCUT2D eigenvalue weighted by atomic mass is 10.1. The van der Waals surface area contributed by atoms with Crippen molar-refractivity contribution in [3.63, 3.8) is 0 Å². The Morgan fingerprint density at radius 1 is 1.24 bits per heavy atom. The Balaban J connectivity index is 1.90. The van der Waals surface area contributed by atoms with E-state index in [2.05, 4.69) is 10.3 Å². The number of aryl methyl sites for hydroxylation is 1. The van der Waals surface area contributed by atoms with E-state index >= 15 is 0 Å². The summed E-state index contributed by atoms with van der Waals surface area (Å²) >= 11 is 12.1. The van der Waals surface area contributed by atoms with E-state index in [1.165, 1.54) is 0 Å². The fourth-order valence-electron chi connectivity index (χ4n) is 2.53. The maximum absolute atomic E-state index is 12.6. The number of carbonyl (C=O) groups is 2. The molecule has 128 valence electrons. The number of amides is 1. The van der Waals surface area contributed by atoms with Gasteiger partial charge in [-0.1, -0.05) is 35.3 Å². The normalized spacial score (nSPS) is 10.8. The number of nitrogens with zero attached hydrogens (tertiary/aromatic N) is 2. The summed E-state index contributed by atoms with van der Waals surface area (Å²) in [7, 11) is 0. The molecule has 0 radical (unpaired) electrons. The Morgan fingerprint density at radius 2 is 1.92 bits per heavy atom. The highest BCUT2D eigenvalue weighted by atomic mass is 35.5. The van der Waals surface area contributed by atoms with Crippen LogP contribution in [0.1, 0.15) is 21.7 Å². The number of nitrogens with one attached hydrogen (secondary N) is 1. The van der Waals surface area contributed by atoms with Gasteiger partial charge in [0, 0.05) is 11.9 Å². The molecule has 0 aliphatic carbocycles. The Labute approximate surface area is 153 Å². The van der Waals surface area contributed by atoms with Crippen LogP contribution < -0.4 is 5.32 Å². The molecule has 1 amide bonds. The summed E-state index contributed by atoms with van der Waals surface area (Å²) in [5.74, 6) is -1.28. The van der Waals surface area contributed by atoms with E-state index in [9.17, 15) is 9.59 Å². The van der Waals surface area contributed by atoms with Gasteiger partial charge in [0.2, 0.25) is 0 Å². The number of imidazole rings is 1. The zero-order valence-electron chi connectivity index (χ0n) is 13.1. The zero-order valence-corrected chi connectivity index (χ0v) is 14.6. The van der Waals surface area contributed by atoms with E-state index in [1.807, 2.05) is 0 Å². The molecule has 6 nitrogen and oxygen atoms in total. The van der Waals surface area contributed by atoms with Gasteiger partial charge < -0.3 is 10.4 Å². The lowest BCUT2D eigenvalue weighted by Gasteiger charge is -2.07. The van der Waals surface area contributed by atoms with Gasteiger partial charge in [-0.05, 0) is 30.7 Å². The summed E-state index contributed by atoms with van der Waals surface area (Å²) in [4.78, 5) is 27.7. The number of hydrogen-bond donors (Lipinski definition) is 2. The van der Waals surface area contributed by atoms with Crippen molar-refractivity contribution in [2.45, 2.75) is 13.3 Å². The summed E-state index contributed by atoms with van der Waals surface area (Å²) < 4.78 is 1.55. The fraction of sp³-hybridized carbons (Fsp3) is 0.118. The molecule has 3 aromatic rings. The summed E-state index contributed by atoms with van der Waals surface area (Å²) in [6.07, 6.45) is 1.51. The van der Waals surface area contributed by atoms with Gasteiger partial charge in [0.05, 0.1) is 22.2 Å². The van der Waals surface area contributed by atoms with Crippen LogP contribution in [-0.4, -0.2) is 26.4 Å². The van der Waals surface area contributed by atoms with Crippen LogP contribution in [0, 0.1) is 6.92 Å². The second-order valence-corrected chi connectivity index (χ2v) is 6.31. The standard InChI is InChI=1S/C17H13Cl2N3O3/c1-9-15(22-8-11(18)7-13(19)16(22)20-9)17(25)21-12-4-2-10(3-5-12)6-14(23)24/h2-5,7-8H,6H2,1H3,(H,21,25)(H,23,24). The number of aliphatic carboxylic acids is 1. The summed E-state index contributed by atoms with van der Waals surface area (Å²) in [5.41, 5.74) is 2.49. The van der Waals surface area contributed by atoms with Gasteiger partial charge in [0.25, 0.3) is 5.91 Å². The van der Waals surface area contributed by atoms with Gasteiger partial charge in [-0.2, -0.15) is 0 Å². The van der Waals surface area contributed by atoms with Crippen molar-refractivity contribution in [2.24, 2.45) is 0 Å². The third kappa shape index (κ3) is 3.60. The molecule has 0 aliphatic rings. The minimum atomic E-state index is -0.910. The number of fused-ring (bicyclic) bond motifs is 1. The average Bonchev–Trinajstić information content (AvgIpc) is 2.85. The number of halogens is 2. The van der Waals surface area contributed by atoms with E-state index in [4.69, 9.17) is 28.3 Å². The first-order valence-corrected chi connectivity index (χ1v) is 8.06. The Hall–Kier alpha value is -2.57. The molecule has 3 rings (SSSR count). The number of hydrogen-bond acceptors (Lipinski definition) is 3. The van der Waals surface area contributed by atoms with E-state index in [0.717, 1.165) is 0 Å². The third-order valence-electron chi connectivity index (χ3n) is 3.60. The molecule has 0 bridgehead atoms. The Bertz CT molecular complexity index is 981. The van der Waals surface area contributed by atoms with Crippen molar-refractivity contribution in [3.05, 3.63) is 63.5 Å². The number of pyridine rings is 1. The van der Waals surface area contributed by atoms with Gasteiger partial charge in [-0.3, -0.25) is 14.0 Å². The van der Waals surface area contributed by atoms with Gasteiger partial charge >= 0.3 is 5.97 Å². The monoisotopic (exact) mass is 377 g/mol. The maximum Gasteiger partial charge on any atom is 0.307 e. The fourth-order valence-corrected chi connectivity index (χ4v) is 3.04. The number of aromatic nitrogens is 2. The van der Waals surface area contributed by atoms with Crippen LogP contribution in [0.2, 0.25) is 10.0 Å². The smallest absolute Gasteiger partial charge is 0.307 e. The largest absolute Gasteiger partial charge is 0.481 e. The molecule has 0 saturated heterocycles. The highest BCUT2D eigenvalue weighted by Gasteiger charge is 2.19. The highest BCUT2D eigenvalue weighted by Crippen LogP contribution is 2.25. The average molecular weight is 378 g/mol. The SMILES string of the molecule is Cc1nc2c(Cl)cc(Cl)cn2c1C(=O)Nc1ccc(CC(=O)O)cc1. The van der Waals surface area contributed by atoms with E-state index < -0.39 is 5.97 Å². The van der Waals surface area contributed by atoms with Crippen LogP contribution in [0.5, 0.6) is 0 Å². The second-order valence-electron chi connectivity index (χ2n) is 5.47. The molecule has 0 spiro atoms. The van der Waals surface area contributed by atoms with Crippen molar-refractivity contribution in [1.29, 1.82) is 0 Å². The van der Waals surface area contributed by atoms with Crippen molar-refractivity contribution in [1.82, 2.24) is 9.38 Å². The van der Waals surface area contributed by atoms with Crippen LogP contribution in [0.4, 0.5) is 5.69 Å². The lowest BCUT2D eigenvalue weighted by Crippen LogP contribution is -2.15. The van der Waals surface area contributed by atoms with E-state index in [-0.39, 0.29) is 12.3 Å². The molecule has 0 unspecified atom stereocenters. The highest BCUT2D eigenvalue weighted by molar-refractivity contribution is 6.36. The van der Waals surface area contributed by atoms with E-state index in [1.54, 1.807) is 47.9 Å². The van der Waals surface area contributed by atoms with Crippen LogP contribution >= 0.6 is 23.2 Å². The number of anilines is 1. The van der Waals surface area contributed by atoms with Crippen molar-refractivity contribution >= 4 is 46.4 Å². The number of rotatable bonds is 4. The molecule has 1 aromatic carbocycles. The Morgan fingerprint density at radius 3 is 2.56 bits per heavy atom. The van der Waals surface area contributed by atoms with Gasteiger partial charge in [0.15, 0.2) is 5.65 Å². The quantitative estimate of drug-likeness (QED) is 0.723. The second kappa shape index (κ2) is 6.74. The molecule has 0 fully saturated rings. The minimum Gasteiger partial charge on any atom is -0.481 e. The molecular formula is C17H13Cl2N3O3. The topological polar surface area (TPSA) is 83.7 Å². The molecule has 0 aliphatic heterocycles. The molecule has 2 N–H and O–H groups in total. The predicted molar refractivity (Wildman–Crippen MR) is 95.7 cm³/mol. The maximum atomic E-state index is 12.6. The van der Waals surface area contributed by atoms with Gasteiger partial charge in [0.1, 0.15) is 5.69 Å². The first kappa shape index (κ1) is 17.3. The number of carbonyl (C=O) groups excluding carboxylic acids is 1. The number of carboxylic acid groups (broad SMARTS) is 1. The molecule has 2 heterocycles. The summed E-state index contributed by atoms with van der Waals surface area (Å²) in [5, 5.41) is 12.3. The first-order valence-electron chi connectivity index (χ1n) is 7.31. The summed E-state index contributed by atoms with van der Waals surface area (Å²) in [6.45, 7) is 1.71. The van der Waals surface area contributed by atoms with Gasteiger partial charge in [-0.25, -0.2) is 4.98 Å². The minimum absolute atomic E-state index is 0.0718. The molecule has 25 heavy (non-hydrogen) atoms. The number of benzene rings is 1. The van der Waals surface area contributed by atoms with Crippen LogP contribution in [-0.2, 0) is 11.2 Å². The van der Waals surface area contributed by atoms with Gasteiger partial charge in [-0.15, -0.1) is 0 Å². The molecule has 2 aromatic heterocycles. The van der Waals surface area contributed by atoms with Crippen LogP contribution in [0.15, 0.2) is 36.5 Å². The molecule has 0 saturated carbocycles. The summed E-state index contributed by atoms with van der Waals surface area (Å²) in [6, 6.07) is 8.16. The Kier molecular flexibility index (Phi) is 4.65. The van der Waals surface area contributed by atoms with Crippen LogP contribution in [0.3, 0.4) is 0 Å². The van der Waals surface area contributed by atoms with E-state index in [0.29, 0.717) is 38.3 Å². The van der Waals surface area contributed by atoms with Crippen molar-refractivity contribution < 1.29 is 14.7 Å². The third-order valence-corrected chi connectivity index (χ3v) is 4.08. The lowest BCUT2D eigenvalue weighted by molar-refractivity contribution is -0.136.